The number of halogens is 1. The molecule has 0 radical (unpaired) electrons. The third-order valence-corrected chi connectivity index (χ3v) is 5.32. The highest BCUT2D eigenvalue weighted by Crippen LogP contribution is 2.40. The van der Waals surface area contributed by atoms with E-state index in [1.165, 1.54) is 0 Å². The molecule has 0 aliphatic carbocycles. The summed E-state index contributed by atoms with van der Waals surface area (Å²) in [6.07, 6.45) is 2.66. The van der Waals surface area contributed by atoms with Gasteiger partial charge in [0.25, 0.3) is 0 Å². The smallest absolute Gasteiger partial charge is 0.169 e. The van der Waals surface area contributed by atoms with Crippen LogP contribution in [0.25, 0.3) is 0 Å². The van der Waals surface area contributed by atoms with Crippen LogP contribution in [0.3, 0.4) is 0 Å². The molecule has 1 N–H and O–H groups in total. The number of carbonyl (C=O) groups excluding carboxylic acids is 1. The fourth-order valence-electron chi connectivity index (χ4n) is 3.86. The fourth-order valence-corrected chi connectivity index (χ4v) is 4.01. The maximum Gasteiger partial charge on any atom is 0.169 e. The van der Waals surface area contributed by atoms with E-state index in [9.17, 15) is 4.79 Å². The molecule has 1 fully saturated rings. The van der Waals surface area contributed by atoms with Gasteiger partial charge in [-0.25, -0.2) is 0 Å². The van der Waals surface area contributed by atoms with Crippen LogP contribution in [0, 0.1) is 11.3 Å². The average molecular weight is 372 g/mol. The van der Waals surface area contributed by atoms with Crippen molar-refractivity contribution in [2.24, 2.45) is 11.3 Å². The third kappa shape index (κ3) is 4.28. The third-order valence-electron chi connectivity index (χ3n) is 5.01. The SMILES string of the molecule is CC(C)CC1(C(=O)c2ccc(Cl)c(Oc3ccccc3)c2)CCNCC1. The number of rotatable bonds is 6. The van der Waals surface area contributed by atoms with Crippen molar-refractivity contribution in [3.05, 3.63) is 59.1 Å². The number of piperidine rings is 1. The number of nitrogens with one attached hydrogen (secondary N) is 1. The first-order chi connectivity index (χ1) is 12.5. The van der Waals surface area contributed by atoms with Crippen molar-refractivity contribution in [3.8, 4) is 11.5 Å². The fraction of sp³-hybridized carbons (Fsp3) is 0.409. The van der Waals surface area contributed by atoms with Gasteiger partial charge in [0.05, 0.1) is 5.02 Å². The molecular formula is C22H26ClNO2. The summed E-state index contributed by atoms with van der Waals surface area (Å²) in [5.74, 6) is 1.92. The Labute approximate surface area is 160 Å². The minimum absolute atomic E-state index is 0.210. The largest absolute Gasteiger partial charge is 0.456 e. The number of carbonyl (C=O) groups is 1. The predicted molar refractivity (Wildman–Crippen MR) is 106 cm³/mol. The van der Waals surface area contributed by atoms with Crippen LogP contribution in [0.4, 0.5) is 0 Å². The van der Waals surface area contributed by atoms with Crippen LogP contribution >= 0.6 is 11.6 Å². The van der Waals surface area contributed by atoms with Crippen LogP contribution < -0.4 is 10.1 Å². The van der Waals surface area contributed by atoms with Crippen molar-refractivity contribution in [1.82, 2.24) is 5.32 Å². The van der Waals surface area contributed by atoms with Crippen LogP contribution in [0.2, 0.25) is 5.02 Å². The number of Topliss-reactive ketones (excluding diaryl/α,β-unsaturated/α-hetero) is 1. The van der Waals surface area contributed by atoms with Crippen LogP contribution in [-0.2, 0) is 0 Å². The lowest BCUT2D eigenvalue weighted by Crippen LogP contribution is -2.43. The molecule has 138 valence electrons. The molecule has 1 aliphatic rings. The molecule has 0 saturated carbocycles. The van der Waals surface area contributed by atoms with E-state index in [0.29, 0.717) is 28.0 Å². The highest BCUT2D eigenvalue weighted by Gasteiger charge is 2.40. The molecular weight excluding hydrogens is 346 g/mol. The summed E-state index contributed by atoms with van der Waals surface area (Å²) in [4.78, 5) is 13.4. The number of hydrogen-bond donors (Lipinski definition) is 1. The van der Waals surface area contributed by atoms with E-state index in [-0.39, 0.29) is 11.2 Å². The molecule has 0 spiro atoms. The van der Waals surface area contributed by atoms with E-state index < -0.39 is 0 Å². The molecule has 1 saturated heterocycles. The summed E-state index contributed by atoms with van der Waals surface area (Å²) in [7, 11) is 0. The standard InChI is InChI=1S/C22H26ClNO2/c1-16(2)15-22(10-12-24-13-11-22)21(25)17-8-9-19(23)20(14-17)26-18-6-4-3-5-7-18/h3-9,14,16,24H,10-13,15H2,1-2H3. The average Bonchev–Trinajstić information content (AvgIpc) is 2.64. The van der Waals surface area contributed by atoms with Crippen molar-refractivity contribution in [3.63, 3.8) is 0 Å². The number of ketones is 1. The van der Waals surface area contributed by atoms with E-state index in [2.05, 4.69) is 19.2 Å². The Morgan fingerprint density at radius 1 is 1.15 bits per heavy atom. The van der Waals surface area contributed by atoms with Crippen molar-refractivity contribution in [1.29, 1.82) is 0 Å². The van der Waals surface area contributed by atoms with E-state index in [1.54, 1.807) is 12.1 Å². The lowest BCUT2D eigenvalue weighted by atomic mass is 9.68. The minimum Gasteiger partial charge on any atom is -0.456 e. The molecule has 3 nitrogen and oxygen atoms in total. The predicted octanol–water partition coefficient (Wildman–Crippen LogP) is 5.73. The molecule has 26 heavy (non-hydrogen) atoms. The first-order valence-corrected chi connectivity index (χ1v) is 9.66. The van der Waals surface area contributed by atoms with Gasteiger partial charge in [-0.05, 0) is 68.6 Å². The van der Waals surface area contributed by atoms with Gasteiger partial charge in [-0.1, -0.05) is 43.6 Å². The summed E-state index contributed by atoms with van der Waals surface area (Å²) in [5, 5.41) is 3.88. The second-order valence-electron chi connectivity index (χ2n) is 7.52. The van der Waals surface area contributed by atoms with E-state index in [1.807, 2.05) is 36.4 Å². The lowest BCUT2D eigenvalue weighted by molar-refractivity contribution is 0.0674. The molecule has 0 bridgehead atoms. The summed E-state index contributed by atoms with van der Waals surface area (Å²) in [5.41, 5.74) is 0.389. The van der Waals surface area contributed by atoms with Gasteiger partial charge in [0.2, 0.25) is 0 Å². The Bertz CT molecular complexity index is 752. The highest BCUT2D eigenvalue weighted by molar-refractivity contribution is 6.32. The van der Waals surface area contributed by atoms with Crippen LogP contribution in [0.1, 0.15) is 43.5 Å². The molecule has 1 aliphatic heterocycles. The highest BCUT2D eigenvalue weighted by atomic mass is 35.5. The zero-order valence-electron chi connectivity index (χ0n) is 15.4. The Morgan fingerprint density at radius 2 is 1.85 bits per heavy atom. The monoisotopic (exact) mass is 371 g/mol. The van der Waals surface area contributed by atoms with Gasteiger partial charge in [-0.2, -0.15) is 0 Å². The van der Waals surface area contributed by atoms with Crippen LogP contribution in [0.15, 0.2) is 48.5 Å². The second kappa shape index (κ2) is 8.24. The minimum atomic E-state index is -0.294. The number of para-hydroxylation sites is 1. The number of benzene rings is 2. The molecule has 0 amide bonds. The lowest BCUT2D eigenvalue weighted by Gasteiger charge is -2.37. The van der Waals surface area contributed by atoms with Gasteiger partial charge in [0, 0.05) is 11.0 Å². The molecule has 0 atom stereocenters. The van der Waals surface area contributed by atoms with Crippen molar-refractivity contribution in [2.75, 3.05) is 13.1 Å². The quantitative estimate of drug-likeness (QED) is 0.659. The van der Waals surface area contributed by atoms with Gasteiger partial charge in [0.1, 0.15) is 11.5 Å². The van der Waals surface area contributed by atoms with Gasteiger partial charge >= 0.3 is 0 Å². The molecule has 0 aromatic heterocycles. The second-order valence-corrected chi connectivity index (χ2v) is 7.92. The molecule has 1 heterocycles. The van der Waals surface area contributed by atoms with Crippen molar-refractivity contribution < 1.29 is 9.53 Å². The Kier molecular flexibility index (Phi) is 6.00. The number of ether oxygens (including phenoxy) is 1. The zero-order valence-corrected chi connectivity index (χ0v) is 16.2. The van der Waals surface area contributed by atoms with Crippen LogP contribution in [0.5, 0.6) is 11.5 Å². The van der Waals surface area contributed by atoms with Gasteiger partial charge in [0.15, 0.2) is 5.78 Å². The zero-order chi connectivity index (χ0) is 18.6. The summed E-state index contributed by atoms with van der Waals surface area (Å²) >= 11 is 6.31. The summed E-state index contributed by atoms with van der Waals surface area (Å²) in [6, 6.07) is 14.9. The maximum absolute atomic E-state index is 13.4. The molecule has 0 unspecified atom stereocenters. The first-order valence-electron chi connectivity index (χ1n) is 9.28. The van der Waals surface area contributed by atoms with E-state index in [0.717, 1.165) is 32.4 Å². The molecule has 2 aromatic rings. The van der Waals surface area contributed by atoms with Crippen molar-refractivity contribution in [2.45, 2.75) is 33.1 Å². The Hall–Kier alpha value is -1.84. The van der Waals surface area contributed by atoms with Crippen LogP contribution in [-0.4, -0.2) is 18.9 Å². The summed E-state index contributed by atoms with van der Waals surface area (Å²) in [6.45, 7) is 6.14. The topological polar surface area (TPSA) is 38.3 Å². The van der Waals surface area contributed by atoms with Crippen molar-refractivity contribution >= 4 is 17.4 Å². The Balaban J connectivity index is 1.89. The van der Waals surface area contributed by atoms with Gasteiger partial charge in [-0.3, -0.25) is 4.79 Å². The number of hydrogen-bond acceptors (Lipinski definition) is 3. The first kappa shape index (κ1) is 18.9. The maximum atomic E-state index is 13.4. The molecule has 4 heteroatoms. The van der Waals surface area contributed by atoms with E-state index >= 15 is 0 Å². The normalized spacial score (nSPS) is 16.5. The molecule has 3 rings (SSSR count). The van der Waals surface area contributed by atoms with E-state index in [4.69, 9.17) is 16.3 Å². The molecule has 2 aromatic carbocycles. The van der Waals surface area contributed by atoms with Gasteiger partial charge < -0.3 is 10.1 Å². The Morgan fingerprint density at radius 3 is 2.50 bits per heavy atom. The van der Waals surface area contributed by atoms with Gasteiger partial charge in [-0.15, -0.1) is 0 Å². The summed E-state index contributed by atoms with van der Waals surface area (Å²) < 4.78 is 5.90.